The lowest BCUT2D eigenvalue weighted by atomic mass is 9.94. The second-order valence-corrected chi connectivity index (χ2v) is 10.4. The number of hydrogen-bond acceptors (Lipinski definition) is 5. The molecule has 0 saturated carbocycles. The minimum Gasteiger partial charge on any atom is -0.493 e. The lowest BCUT2D eigenvalue weighted by Crippen LogP contribution is -2.47. The van der Waals surface area contributed by atoms with Crippen LogP contribution in [0.4, 0.5) is 0 Å². The van der Waals surface area contributed by atoms with E-state index < -0.39 is 35.2 Å². The third-order valence-corrected chi connectivity index (χ3v) is 8.14. The first-order chi connectivity index (χ1) is 14.3. The first-order valence-electron chi connectivity index (χ1n) is 10.0. The minimum absolute atomic E-state index is 0.0353. The molecule has 1 aliphatic heterocycles. The van der Waals surface area contributed by atoms with Crippen LogP contribution in [0.15, 0.2) is 42.5 Å². The number of benzene rings is 2. The molecule has 0 spiro atoms. The van der Waals surface area contributed by atoms with E-state index in [1.54, 1.807) is 0 Å². The first kappa shape index (κ1) is 22.6. The molecule has 30 heavy (non-hydrogen) atoms. The van der Waals surface area contributed by atoms with Crippen LogP contribution in [0.25, 0.3) is 0 Å². The van der Waals surface area contributed by atoms with Crippen molar-refractivity contribution in [2.75, 3.05) is 18.6 Å². The molecule has 2 aromatic carbocycles. The number of carboxylic acids is 1. The van der Waals surface area contributed by atoms with E-state index in [-0.39, 0.29) is 18.3 Å². The molecule has 6 nitrogen and oxygen atoms in total. The Balaban J connectivity index is 1.73. The maximum Gasteiger partial charge on any atom is 0.306 e. The Labute approximate surface area is 179 Å². The van der Waals surface area contributed by atoms with Crippen molar-refractivity contribution in [1.82, 2.24) is 0 Å². The number of aliphatic hydroxyl groups is 3. The van der Waals surface area contributed by atoms with Crippen molar-refractivity contribution in [2.45, 2.75) is 43.3 Å². The van der Waals surface area contributed by atoms with Gasteiger partial charge >= 0.3 is 5.97 Å². The van der Waals surface area contributed by atoms with Crippen LogP contribution in [0.3, 0.4) is 0 Å². The molecule has 1 saturated heterocycles. The van der Waals surface area contributed by atoms with Crippen molar-refractivity contribution >= 4 is 16.9 Å². The van der Waals surface area contributed by atoms with Gasteiger partial charge in [-0.05, 0) is 54.0 Å². The molecule has 1 heterocycles. The van der Waals surface area contributed by atoms with Crippen LogP contribution in [0.1, 0.15) is 33.9 Å². The number of aryl methyl sites for hydroxylation is 1. The fourth-order valence-corrected chi connectivity index (χ4v) is 6.29. The van der Waals surface area contributed by atoms with Gasteiger partial charge in [0.05, 0.1) is 25.2 Å². The van der Waals surface area contributed by atoms with Gasteiger partial charge in [-0.25, -0.2) is 10.9 Å². The molecule has 164 valence electrons. The molecule has 0 aromatic heterocycles. The van der Waals surface area contributed by atoms with E-state index in [4.69, 9.17) is 9.84 Å². The van der Waals surface area contributed by atoms with Crippen LogP contribution in [-0.2, 0) is 11.2 Å². The van der Waals surface area contributed by atoms with Crippen LogP contribution in [0, 0.1) is 6.92 Å². The molecule has 1 aliphatic rings. The number of hydrogen-bond donors (Lipinski definition) is 5. The summed E-state index contributed by atoms with van der Waals surface area (Å²) in [5.74, 6) is 0.271. The Morgan fingerprint density at radius 3 is 2.47 bits per heavy atom. The van der Waals surface area contributed by atoms with Gasteiger partial charge in [0.25, 0.3) is 0 Å². The monoisotopic (exact) mass is 434 g/mol. The topological polar surface area (TPSA) is 107 Å². The third kappa shape index (κ3) is 5.35. The molecule has 3 rings (SSSR count). The number of thiol groups is 1. The quantitative estimate of drug-likeness (QED) is 0.428. The third-order valence-electron chi connectivity index (χ3n) is 5.63. The van der Waals surface area contributed by atoms with Gasteiger partial charge in [0.2, 0.25) is 0 Å². The summed E-state index contributed by atoms with van der Waals surface area (Å²) in [5.41, 5.74) is 4.38. The molecule has 1 unspecified atom stereocenters. The predicted molar refractivity (Wildman–Crippen MR) is 119 cm³/mol. The highest BCUT2D eigenvalue weighted by atomic mass is 32.2. The van der Waals surface area contributed by atoms with Gasteiger partial charge in [-0.15, -0.1) is 0 Å². The van der Waals surface area contributed by atoms with Crippen LogP contribution in [0.2, 0.25) is 0 Å². The summed E-state index contributed by atoms with van der Waals surface area (Å²) in [6.45, 7) is 2.19. The summed E-state index contributed by atoms with van der Waals surface area (Å²) in [6, 6.07) is 13.8. The number of ether oxygens (including phenoxy) is 1. The van der Waals surface area contributed by atoms with Gasteiger partial charge in [-0.2, -0.15) is 0 Å². The molecule has 2 aromatic rings. The van der Waals surface area contributed by atoms with Crippen molar-refractivity contribution in [3.05, 3.63) is 64.7 Å². The number of aliphatic hydroxyl groups excluding tert-OH is 3. The Morgan fingerprint density at radius 1 is 1.10 bits per heavy atom. The van der Waals surface area contributed by atoms with Gasteiger partial charge in [-0.3, -0.25) is 4.79 Å². The smallest absolute Gasteiger partial charge is 0.306 e. The Hall–Kier alpha value is -2.06. The molecule has 7 heteroatoms. The van der Waals surface area contributed by atoms with E-state index in [1.807, 2.05) is 43.3 Å². The van der Waals surface area contributed by atoms with Crippen molar-refractivity contribution < 1.29 is 30.0 Å². The van der Waals surface area contributed by atoms with Crippen LogP contribution in [0.5, 0.6) is 5.75 Å². The van der Waals surface area contributed by atoms with E-state index >= 15 is 0 Å². The summed E-state index contributed by atoms with van der Waals surface area (Å²) in [5, 5.41) is 39.2. The van der Waals surface area contributed by atoms with Gasteiger partial charge in [0.15, 0.2) is 0 Å². The van der Waals surface area contributed by atoms with E-state index in [0.29, 0.717) is 17.9 Å². The zero-order chi connectivity index (χ0) is 21.8. The number of aliphatic carboxylic acids is 1. The minimum atomic E-state index is -1.12. The molecule has 0 bridgehead atoms. The highest BCUT2D eigenvalue weighted by molar-refractivity contribution is 8.16. The summed E-state index contributed by atoms with van der Waals surface area (Å²) in [7, 11) is -0.651. The molecule has 1 fully saturated rings. The summed E-state index contributed by atoms with van der Waals surface area (Å²) in [4.78, 5) is 10.6. The maximum absolute atomic E-state index is 10.6. The molecule has 0 amide bonds. The molecule has 0 aliphatic carbocycles. The zero-order valence-corrected chi connectivity index (χ0v) is 18.1. The number of rotatable bonds is 7. The number of carbonyl (C=O) groups is 1. The SMILES string of the molecule is Cc1ccc([C@H]2[C@H](O)[C@H](O)[C@H](O)C[SH]2C)cc1Cc1ccc(OCCC(=O)O)cc1. The highest BCUT2D eigenvalue weighted by Crippen LogP contribution is 2.48. The van der Waals surface area contributed by atoms with Crippen molar-refractivity contribution in [3.8, 4) is 5.75 Å². The second kappa shape index (κ2) is 9.83. The Kier molecular flexibility index (Phi) is 7.41. The van der Waals surface area contributed by atoms with Crippen molar-refractivity contribution in [3.63, 3.8) is 0 Å². The lowest BCUT2D eigenvalue weighted by molar-refractivity contribution is -0.137. The standard InChI is InChI=1S/C23H30O6S/c1-14-3-6-16(23-22(28)21(27)19(24)13-30(23)2)12-17(14)11-15-4-7-18(8-5-15)29-10-9-20(25)26/h3-8,12,19,21-24,27-28,30H,9-11,13H2,1-2H3,(H,25,26)/t19-,21-,22-,23+/m1/s1. The van der Waals surface area contributed by atoms with E-state index in [1.165, 1.54) is 0 Å². The molecule has 0 radical (unpaired) electrons. The van der Waals surface area contributed by atoms with Gasteiger partial charge in [0, 0.05) is 11.0 Å². The fourth-order valence-electron chi connectivity index (χ4n) is 3.89. The first-order valence-corrected chi connectivity index (χ1v) is 12.1. The van der Waals surface area contributed by atoms with Crippen molar-refractivity contribution in [2.24, 2.45) is 0 Å². The van der Waals surface area contributed by atoms with Crippen LogP contribution < -0.4 is 4.74 Å². The van der Waals surface area contributed by atoms with E-state index in [9.17, 15) is 20.1 Å². The highest BCUT2D eigenvalue weighted by Gasteiger charge is 2.40. The Bertz CT molecular complexity index is 868. The molecular formula is C23H30O6S. The predicted octanol–water partition coefficient (Wildman–Crippen LogP) is 2.21. The average molecular weight is 435 g/mol. The maximum atomic E-state index is 10.6. The fraction of sp³-hybridized carbons (Fsp3) is 0.435. The van der Waals surface area contributed by atoms with Gasteiger partial charge in [-0.1, -0.05) is 30.3 Å². The van der Waals surface area contributed by atoms with E-state index in [0.717, 1.165) is 22.3 Å². The van der Waals surface area contributed by atoms with Crippen LogP contribution >= 0.6 is 10.9 Å². The van der Waals surface area contributed by atoms with Crippen LogP contribution in [-0.4, -0.2) is 63.3 Å². The summed E-state index contributed by atoms with van der Waals surface area (Å²) < 4.78 is 5.44. The Morgan fingerprint density at radius 2 is 1.80 bits per heavy atom. The summed E-state index contributed by atoms with van der Waals surface area (Å²) >= 11 is 0. The molecular weight excluding hydrogens is 404 g/mol. The summed E-state index contributed by atoms with van der Waals surface area (Å²) in [6.07, 6.45) is -0.221. The second-order valence-electron chi connectivity index (χ2n) is 7.93. The van der Waals surface area contributed by atoms with Crippen molar-refractivity contribution in [1.29, 1.82) is 0 Å². The van der Waals surface area contributed by atoms with Gasteiger partial charge in [0.1, 0.15) is 11.9 Å². The lowest BCUT2D eigenvalue weighted by Gasteiger charge is -2.42. The average Bonchev–Trinajstić information content (AvgIpc) is 2.69. The normalized spacial score (nSPS) is 27.6. The zero-order valence-electron chi connectivity index (χ0n) is 17.2. The molecule has 5 atom stereocenters. The molecule has 4 N–H and O–H groups in total. The van der Waals surface area contributed by atoms with Gasteiger partial charge < -0.3 is 25.2 Å². The largest absolute Gasteiger partial charge is 0.493 e. The van der Waals surface area contributed by atoms with E-state index in [2.05, 4.69) is 12.3 Å². The number of carboxylic acid groups (broad SMARTS) is 1.